The van der Waals surface area contributed by atoms with Crippen molar-refractivity contribution in [1.29, 1.82) is 5.26 Å². The van der Waals surface area contributed by atoms with Crippen molar-refractivity contribution in [2.75, 3.05) is 6.61 Å². The Morgan fingerprint density at radius 2 is 1.91 bits per heavy atom. The predicted octanol–water partition coefficient (Wildman–Crippen LogP) is 7.50. The van der Waals surface area contributed by atoms with E-state index < -0.39 is 0 Å². The zero-order valence-electron chi connectivity index (χ0n) is 20.4. The summed E-state index contributed by atoms with van der Waals surface area (Å²) in [6, 6.07) is 18.3. The van der Waals surface area contributed by atoms with Crippen LogP contribution in [0, 0.1) is 22.7 Å². The van der Waals surface area contributed by atoms with Gasteiger partial charge >= 0.3 is 0 Å². The van der Waals surface area contributed by atoms with E-state index in [9.17, 15) is 5.26 Å². The molecule has 4 nitrogen and oxygen atoms in total. The number of fused-ring (bicyclic) bond motifs is 1. The summed E-state index contributed by atoms with van der Waals surface area (Å²) in [4.78, 5) is 6.07. The number of hydrogen-bond donors (Lipinski definition) is 0. The summed E-state index contributed by atoms with van der Waals surface area (Å²) in [6.07, 6.45) is 4.96. The van der Waals surface area contributed by atoms with E-state index in [1.807, 2.05) is 61.7 Å². The maximum atomic E-state index is 9.84. The lowest BCUT2D eigenvalue weighted by Gasteiger charge is -2.33. The van der Waals surface area contributed by atoms with E-state index in [1.165, 1.54) is 10.4 Å². The Bertz CT molecular complexity index is 1200. The molecule has 0 fully saturated rings. The van der Waals surface area contributed by atoms with Crippen LogP contribution in [0.3, 0.4) is 0 Å². The second-order valence-electron chi connectivity index (χ2n) is 9.77. The molecule has 0 saturated carbocycles. The minimum absolute atomic E-state index is 0.276. The van der Waals surface area contributed by atoms with Crippen LogP contribution in [-0.2, 0) is 19.4 Å². The van der Waals surface area contributed by atoms with Crippen LogP contribution in [0.4, 0.5) is 5.00 Å². The zero-order valence-corrected chi connectivity index (χ0v) is 21.2. The molecule has 0 unspecified atom stereocenters. The molecule has 176 valence electrons. The molecule has 0 radical (unpaired) electrons. The highest BCUT2D eigenvalue weighted by Crippen LogP contribution is 2.45. The van der Waals surface area contributed by atoms with E-state index in [1.54, 1.807) is 11.3 Å². The lowest BCUT2D eigenvalue weighted by atomic mass is 9.72. The lowest BCUT2D eigenvalue weighted by molar-refractivity contribution is 0.218. The van der Waals surface area contributed by atoms with Gasteiger partial charge < -0.3 is 9.47 Å². The third-order valence-corrected chi connectivity index (χ3v) is 7.58. The number of thiophene rings is 1. The molecule has 5 heteroatoms. The topological polar surface area (TPSA) is 54.6 Å². The van der Waals surface area contributed by atoms with E-state index in [0.29, 0.717) is 30.6 Å². The molecule has 1 atom stereocenters. The first-order valence-corrected chi connectivity index (χ1v) is 12.7. The largest absolute Gasteiger partial charge is 0.490 e. The highest BCUT2D eigenvalue weighted by atomic mass is 32.1. The van der Waals surface area contributed by atoms with Gasteiger partial charge in [0.25, 0.3) is 0 Å². The Labute approximate surface area is 206 Å². The molecular weight excluding hydrogens is 440 g/mol. The predicted molar refractivity (Wildman–Crippen MR) is 140 cm³/mol. The molecule has 1 aliphatic carbocycles. The molecule has 1 aliphatic rings. The summed E-state index contributed by atoms with van der Waals surface area (Å²) in [5.41, 5.74) is 4.25. The van der Waals surface area contributed by atoms with Crippen molar-refractivity contribution < 1.29 is 9.47 Å². The summed E-state index contributed by atoms with van der Waals surface area (Å²) in [5, 5.41) is 10.6. The van der Waals surface area contributed by atoms with Crippen molar-refractivity contribution in [3.63, 3.8) is 0 Å². The summed E-state index contributed by atoms with van der Waals surface area (Å²) >= 11 is 1.67. The quantitative estimate of drug-likeness (QED) is 0.335. The van der Waals surface area contributed by atoms with Gasteiger partial charge in [0.05, 0.1) is 12.2 Å². The molecule has 3 aromatic rings. The van der Waals surface area contributed by atoms with Crippen molar-refractivity contribution >= 4 is 22.6 Å². The molecular formula is C29H32N2O2S. The molecule has 0 N–H and O–H groups in total. The van der Waals surface area contributed by atoms with Crippen LogP contribution in [0.1, 0.15) is 61.2 Å². The number of ether oxygens (including phenoxy) is 2. The van der Waals surface area contributed by atoms with Crippen molar-refractivity contribution in [3.05, 3.63) is 75.7 Å². The molecule has 2 aromatic carbocycles. The van der Waals surface area contributed by atoms with Crippen LogP contribution in [0.5, 0.6) is 11.5 Å². The van der Waals surface area contributed by atoms with Crippen molar-refractivity contribution in [2.24, 2.45) is 16.3 Å². The molecule has 34 heavy (non-hydrogen) atoms. The molecule has 0 aliphatic heterocycles. The summed E-state index contributed by atoms with van der Waals surface area (Å²) in [6.45, 7) is 9.92. The van der Waals surface area contributed by atoms with Gasteiger partial charge in [0.1, 0.15) is 17.7 Å². The second kappa shape index (κ2) is 10.4. The minimum atomic E-state index is 0.276. The van der Waals surface area contributed by atoms with Gasteiger partial charge in [-0.15, -0.1) is 11.3 Å². The summed E-state index contributed by atoms with van der Waals surface area (Å²) in [5.74, 6) is 2.04. The number of hydrogen-bond acceptors (Lipinski definition) is 5. The van der Waals surface area contributed by atoms with Gasteiger partial charge in [0.15, 0.2) is 11.5 Å². The maximum absolute atomic E-state index is 9.84. The molecule has 4 rings (SSSR count). The molecule has 0 saturated heterocycles. The zero-order chi connectivity index (χ0) is 24.1. The van der Waals surface area contributed by atoms with Crippen LogP contribution < -0.4 is 9.47 Å². The Kier molecular flexibility index (Phi) is 7.38. The van der Waals surface area contributed by atoms with Crippen molar-refractivity contribution in [1.82, 2.24) is 0 Å². The Morgan fingerprint density at radius 3 is 2.62 bits per heavy atom. The molecule has 0 bridgehead atoms. The highest BCUT2D eigenvalue weighted by molar-refractivity contribution is 7.16. The number of aliphatic imine (C=N–C) groups is 1. The second-order valence-corrected chi connectivity index (χ2v) is 10.9. The van der Waals surface area contributed by atoms with Gasteiger partial charge in [0.2, 0.25) is 0 Å². The van der Waals surface area contributed by atoms with E-state index in [0.717, 1.165) is 41.0 Å². The van der Waals surface area contributed by atoms with Crippen LogP contribution >= 0.6 is 11.3 Å². The van der Waals surface area contributed by atoms with Crippen molar-refractivity contribution in [2.45, 2.75) is 53.6 Å². The SMILES string of the molecule is CCOc1cc(C=Nc2sc3c(c2C#N)CC[C@H](C(C)(C)C)C3)ccc1OCc1ccccc1. The molecule has 1 heterocycles. The Hall–Kier alpha value is -3.10. The molecule has 0 amide bonds. The average Bonchev–Trinajstić information content (AvgIpc) is 3.19. The number of rotatable bonds is 7. The van der Waals surface area contributed by atoms with Gasteiger partial charge in [-0.05, 0) is 72.4 Å². The normalized spacial score (nSPS) is 15.7. The van der Waals surface area contributed by atoms with Gasteiger partial charge in [-0.2, -0.15) is 5.26 Å². The van der Waals surface area contributed by atoms with Crippen LogP contribution in [0.25, 0.3) is 0 Å². The van der Waals surface area contributed by atoms with Crippen LogP contribution in [0.2, 0.25) is 0 Å². The number of nitrogens with zero attached hydrogens (tertiary/aromatic N) is 2. The smallest absolute Gasteiger partial charge is 0.161 e. The average molecular weight is 473 g/mol. The number of nitriles is 1. The number of benzene rings is 2. The van der Waals surface area contributed by atoms with E-state index in [-0.39, 0.29) is 5.41 Å². The standard InChI is InChI=1S/C29H32N2O2S/c1-5-32-26-15-21(11-14-25(26)33-19-20-9-7-6-8-10-20)18-31-28-24(17-30)23-13-12-22(29(2,3)4)16-27(23)34-28/h6-11,14-15,18,22H,5,12-13,16,19H2,1-4H3/t22-/m0/s1. The first kappa shape index (κ1) is 24.0. The van der Waals surface area contributed by atoms with E-state index >= 15 is 0 Å². The minimum Gasteiger partial charge on any atom is -0.490 e. The molecule has 0 spiro atoms. The third-order valence-electron chi connectivity index (χ3n) is 6.42. The first-order chi connectivity index (χ1) is 16.4. The fraction of sp³-hybridized carbons (Fsp3) is 0.379. The van der Waals surface area contributed by atoms with Gasteiger partial charge in [0, 0.05) is 11.1 Å². The lowest BCUT2D eigenvalue weighted by Crippen LogP contribution is -2.26. The van der Waals surface area contributed by atoms with E-state index in [4.69, 9.17) is 14.5 Å². The summed E-state index contributed by atoms with van der Waals surface area (Å²) in [7, 11) is 0. The Morgan fingerprint density at radius 1 is 1.12 bits per heavy atom. The molecule has 1 aromatic heterocycles. The van der Waals surface area contributed by atoms with Gasteiger partial charge in [-0.3, -0.25) is 0 Å². The fourth-order valence-electron chi connectivity index (χ4n) is 4.38. The van der Waals surface area contributed by atoms with Crippen LogP contribution in [0.15, 0.2) is 53.5 Å². The third kappa shape index (κ3) is 5.51. The monoisotopic (exact) mass is 472 g/mol. The van der Waals surface area contributed by atoms with Gasteiger partial charge in [-0.25, -0.2) is 4.99 Å². The summed E-state index contributed by atoms with van der Waals surface area (Å²) < 4.78 is 11.8. The maximum Gasteiger partial charge on any atom is 0.161 e. The van der Waals surface area contributed by atoms with Crippen LogP contribution in [-0.4, -0.2) is 12.8 Å². The fourth-order valence-corrected chi connectivity index (χ4v) is 5.60. The van der Waals surface area contributed by atoms with Crippen molar-refractivity contribution in [3.8, 4) is 17.6 Å². The highest BCUT2D eigenvalue weighted by Gasteiger charge is 2.32. The Balaban J connectivity index is 1.54. The van der Waals surface area contributed by atoms with E-state index in [2.05, 4.69) is 26.8 Å². The first-order valence-electron chi connectivity index (χ1n) is 11.9. The van der Waals surface area contributed by atoms with Gasteiger partial charge in [-0.1, -0.05) is 51.1 Å².